The van der Waals surface area contributed by atoms with Crippen LogP contribution in [0.5, 0.6) is 0 Å². The molecule has 3 nitrogen and oxygen atoms in total. The molecule has 19 heavy (non-hydrogen) atoms. The quantitative estimate of drug-likeness (QED) is 0.893. The fourth-order valence-electron chi connectivity index (χ4n) is 2.78. The molecule has 1 fully saturated rings. The van der Waals surface area contributed by atoms with Gasteiger partial charge in [-0.15, -0.1) is 0 Å². The standard InChI is InChI=1S/C16H21N3/c1-19(11-12-6-7-12)16(8-17)15-10-18-9-13-4-2-3-5-14(13)15/h2-5,9-10,12,16H,6-8,11,17H2,1H3. The summed E-state index contributed by atoms with van der Waals surface area (Å²) in [5.74, 6) is 0.877. The Bertz CT molecular complexity index is 557. The summed E-state index contributed by atoms with van der Waals surface area (Å²) < 4.78 is 0. The van der Waals surface area contributed by atoms with Crippen molar-refractivity contribution in [1.29, 1.82) is 0 Å². The number of fused-ring (bicyclic) bond motifs is 1. The topological polar surface area (TPSA) is 42.1 Å². The van der Waals surface area contributed by atoms with Crippen LogP contribution in [0, 0.1) is 5.92 Å². The molecule has 0 amide bonds. The Morgan fingerprint density at radius 2 is 2.11 bits per heavy atom. The highest BCUT2D eigenvalue weighted by molar-refractivity contribution is 5.85. The van der Waals surface area contributed by atoms with Crippen LogP contribution in [0.4, 0.5) is 0 Å². The van der Waals surface area contributed by atoms with Crippen molar-refractivity contribution in [1.82, 2.24) is 9.88 Å². The third kappa shape index (κ3) is 2.62. The number of hydrogen-bond acceptors (Lipinski definition) is 3. The molecule has 0 saturated heterocycles. The van der Waals surface area contributed by atoms with Crippen LogP contribution in [0.2, 0.25) is 0 Å². The Kier molecular flexibility index (Phi) is 3.49. The van der Waals surface area contributed by atoms with Crippen LogP contribution in [0.3, 0.4) is 0 Å². The summed E-state index contributed by atoms with van der Waals surface area (Å²) in [5, 5.41) is 2.47. The molecule has 1 saturated carbocycles. The van der Waals surface area contributed by atoms with E-state index in [2.05, 4.69) is 41.2 Å². The van der Waals surface area contributed by atoms with E-state index in [9.17, 15) is 0 Å². The van der Waals surface area contributed by atoms with Gasteiger partial charge in [-0.3, -0.25) is 9.88 Å². The lowest BCUT2D eigenvalue weighted by Crippen LogP contribution is -2.32. The third-order valence-corrected chi connectivity index (χ3v) is 4.06. The number of rotatable bonds is 5. The first-order chi connectivity index (χ1) is 9.29. The fourth-order valence-corrected chi connectivity index (χ4v) is 2.78. The van der Waals surface area contributed by atoms with Gasteiger partial charge in [-0.25, -0.2) is 0 Å². The largest absolute Gasteiger partial charge is 0.329 e. The van der Waals surface area contributed by atoms with Gasteiger partial charge in [0.2, 0.25) is 0 Å². The average molecular weight is 255 g/mol. The second kappa shape index (κ2) is 5.27. The summed E-state index contributed by atoms with van der Waals surface area (Å²) in [7, 11) is 2.18. The van der Waals surface area contributed by atoms with Gasteiger partial charge in [0.15, 0.2) is 0 Å². The minimum Gasteiger partial charge on any atom is -0.329 e. The Balaban J connectivity index is 1.95. The van der Waals surface area contributed by atoms with E-state index in [-0.39, 0.29) is 6.04 Å². The molecule has 1 atom stereocenters. The predicted octanol–water partition coefficient (Wildman–Crippen LogP) is 2.58. The number of benzene rings is 1. The third-order valence-electron chi connectivity index (χ3n) is 4.06. The molecule has 1 aromatic heterocycles. The van der Waals surface area contributed by atoms with E-state index in [4.69, 9.17) is 5.73 Å². The van der Waals surface area contributed by atoms with Crippen LogP contribution < -0.4 is 5.73 Å². The van der Waals surface area contributed by atoms with Crippen molar-refractivity contribution in [2.45, 2.75) is 18.9 Å². The molecule has 1 aliphatic rings. The summed E-state index contributed by atoms with van der Waals surface area (Å²) >= 11 is 0. The Labute approximate surface area is 114 Å². The van der Waals surface area contributed by atoms with Gasteiger partial charge in [-0.05, 0) is 36.8 Å². The molecule has 2 N–H and O–H groups in total. The van der Waals surface area contributed by atoms with Crippen LogP contribution in [0.25, 0.3) is 10.8 Å². The van der Waals surface area contributed by atoms with Crippen molar-refractivity contribution in [3.05, 3.63) is 42.2 Å². The first-order valence-electron chi connectivity index (χ1n) is 7.02. The number of likely N-dealkylation sites (N-methyl/N-ethyl adjacent to an activating group) is 1. The first-order valence-corrected chi connectivity index (χ1v) is 7.02. The van der Waals surface area contributed by atoms with Gasteiger partial charge in [-0.1, -0.05) is 24.3 Å². The molecule has 3 heteroatoms. The first kappa shape index (κ1) is 12.6. The second-order valence-electron chi connectivity index (χ2n) is 5.58. The molecule has 0 aliphatic heterocycles. The van der Waals surface area contributed by atoms with E-state index < -0.39 is 0 Å². The lowest BCUT2D eigenvalue weighted by atomic mass is 10.0. The van der Waals surface area contributed by atoms with Gasteiger partial charge in [0.05, 0.1) is 0 Å². The van der Waals surface area contributed by atoms with Crippen LogP contribution in [0.1, 0.15) is 24.4 Å². The Morgan fingerprint density at radius 3 is 2.84 bits per heavy atom. The molecule has 1 unspecified atom stereocenters. The lowest BCUT2D eigenvalue weighted by Gasteiger charge is -2.28. The van der Waals surface area contributed by atoms with Crippen molar-refractivity contribution >= 4 is 10.8 Å². The molecular weight excluding hydrogens is 234 g/mol. The molecule has 0 spiro atoms. The molecule has 3 rings (SSSR count). The van der Waals surface area contributed by atoms with Gasteiger partial charge >= 0.3 is 0 Å². The van der Waals surface area contributed by atoms with Crippen LogP contribution in [-0.4, -0.2) is 30.0 Å². The van der Waals surface area contributed by atoms with Gasteiger partial charge in [0.1, 0.15) is 0 Å². The van der Waals surface area contributed by atoms with Gasteiger partial charge in [0.25, 0.3) is 0 Å². The molecule has 1 aromatic carbocycles. The van der Waals surface area contributed by atoms with E-state index in [1.54, 1.807) is 0 Å². The maximum Gasteiger partial charge on any atom is 0.0488 e. The predicted molar refractivity (Wildman–Crippen MR) is 78.9 cm³/mol. The van der Waals surface area contributed by atoms with E-state index >= 15 is 0 Å². The van der Waals surface area contributed by atoms with Gasteiger partial charge in [-0.2, -0.15) is 0 Å². The molecule has 1 heterocycles. The number of hydrogen-bond donors (Lipinski definition) is 1. The Hall–Kier alpha value is -1.45. The zero-order valence-corrected chi connectivity index (χ0v) is 11.4. The van der Waals surface area contributed by atoms with Crippen molar-refractivity contribution in [3.63, 3.8) is 0 Å². The minimum absolute atomic E-state index is 0.263. The SMILES string of the molecule is CN(CC1CC1)C(CN)c1cncc2ccccc12. The molecule has 0 radical (unpaired) electrons. The second-order valence-corrected chi connectivity index (χ2v) is 5.58. The van der Waals surface area contributed by atoms with Crippen molar-refractivity contribution in [3.8, 4) is 0 Å². The highest BCUT2D eigenvalue weighted by atomic mass is 15.1. The fraction of sp³-hybridized carbons (Fsp3) is 0.438. The lowest BCUT2D eigenvalue weighted by molar-refractivity contribution is 0.241. The minimum atomic E-state index is 0.263. The Morgan fingerprint density at radius 1 is 1.32 bits per heavy atom. The highest BCUT2D eigenvalue weighted by Crippen LogP contribution is 2.33. The number of pyridine rings is 1. The normalized spacial score (nSPS) is 17.0. The van der Waals surface area contributed by atoms with Gasteiger partial charge < -0.3 is 5.73 Å². The van der Waals surface area contributed by atoms with Gasteiger partial charge in [0, 0.05) is 36.9 Å². The maximum absolute atomic E-state index is 6.02. The summed E-state index contributed by atoms with van der Waals surface area (Å²) in [6.45, 7) is 1.78. The molecule has 0 bridgehead atoms. The molecule has 100 valence electrons. The summed E-state index contributed by atoms with van der Waals surface area (Å²) in [6.07, 6.45) is 6.64. The molecular formula is C16H21N3. The molecule has 2 aromatic rings. The zero-order chi connectivity index (χ0) is 13.2. The highest BCUT2D eigenvalue weighted by Gasteiger charge is 2.26. The summed E-state index contributed by atoms with van der Waals surface area (Å²) in [4.78, 5) is 6.77. The van der Waals surface area contributed by atoms with Crippen molar-refractivity contribution < 1.29 is 0 Å². The maximum atomic E-state index is 6.02. The van der Waals surface area contributed by atoms with E-state index in [1.807, 2.05) is 12.4 Å². The van der Waals surface area contributed by atoms with Crippen molar-refractivity contribution in [2.75, 3.05) is 20.1 Å². The number of aromatic nitrogens is 1. The summed E-state index contributed by atoms with van der Waals surface area (Å²) in [6, 6.07) is 8.68. The molecule has 1 aliphatic carbocycles. The summed E-state index contributed by atoms with van der Waals surface area (Å²) in [5.41, 5.74) is 7.28. The van der Waals surface area contributed by atoms with Crippen LogP contribution in [-0.2, 0) is 0 Å². The van der Waals surface area contributed by atoms with Crippen LogP contribution >= 0.6 is 0 Å². The number of nitrogens with two attached hydrogens (primary N) is 1. The van der Waals surface area contributed by atoms with E-state index in [0.29, 0.717) is 6.54 Å². The smallest absolute Gasteiger partial charge is 0.0488 e. The number of nitrogens with zero attached hydrogens (tertiary/aromatic N) is 2. The average Bonchev–Trinajstić information content (AvgIpc) is 3.24. The monoisotopic (exact) mass is 255 g/mol. The van der Waals surface area contributed by atoms with Crippen molar-refractivity contribution in [2.24, 2.45) is 11.7 Å². The van der Waals surface area contributed by atoms with E-state index in [0.717, 1.165) is 12.5 Å². The van der Waals surface area contributed by atoms with E-state index in [1.165, 1.54) is 29.2 Å². The zero-order valence-electron chi connectivity index (χ0n) is 11.4. The van der Waals surface area contributed by atoms with Crippen LogP contribution in [0.15, 0.2) is 36.7 Å².